The molecule has 2 aromatic rings. The molecule has 0 spiro atoms. The third-order valence-corrected chi connectivity index (χ3v) is 4.72. The van der Waals surface area contributed by atoms with Crippen LogP contribution in [0.1, 0.15) is 30.2 Å². The van der Waals surface area contributed by atoms with E-state index in [0.29, 0.717) is 5.92 Å². The maximum Gasteiger partial charge on any atom is 0.414 e. The molecule has 2 aliphatic heterocycles. The molecule has 138 valence electrons. The largest absolute Gasteiger partial charge is 0.484 e. The molecule has 7 heteroatoms. The fourth-order valence-electron chi connectivity index (χ4n) is 3.44. The van der Waals surface area contributed by atoms with Gasteiger partial charge < -0.3 is 24.8 Å². The Morgan fingerprint density at radius 3 is 2.42 bits per heavy atom. The second kappa shape index (κ2) is 8.05. The predicted octanol–water partition coefficient (Wildman–Crippen LogP) is 2.13. The van der Waals surface area contributed by atoms with E-state index in [1.54, 1.807) is 0 Å². The van der Waals surface area contributed by atoms with Crippen LogP contribution in [0.2, 0.25) is 0 Å². The van der Waals surface area contributed by atoms with E-state index in [9.17, 15) is 0 Å². The van der Waals surface area contributed by atoms with Crippen molar-refractivity contribution in [1.29, 1.82) is 0 Å². The van der Waals surface area contributed by atoms with Crippen LogP contribution in [0.25, 0.3) is 0 Å². The minimum Gasteiger partial charge on any atom is -0.484 e. The first-order chi connectivity index (χ1) is 12.6. The number of carboxylic acid groups (broad SMARTS) is 2. The van der Waals surface area contributed by atoms with Crippen LogP contribution in [0.15, 0.2) is 42.6 Å². The Morgan fingerprint density at radius 2 is 1.73 bits per heavy atom. The lowest BCUT2D eigenvalue weighted by Gasteiger charge is -2.30. The van der Waals surface area contributed by atoms with Crippen LogP contribution in [0.5, 0.6) is 5.75 Å². The Labute approximate surface area is 151 Å². The molecule has 1 fully saturated rings. The van der Waals surface area contributed by atoms with Crippen LogP contribution in [0.3, 0.4) is 0 Å². The lowest BCUT2D eigenvalue weighted by Crippen LogP contribution is -2.33. The average Bonchev–Trinajstić information content (AvgIpc) is 3.04. The van der Waals surface area contributed by atoms with E-state index in [4.69, 9.17) is 24.5 Å². The number of para-hydroxylation sites is 1. The molecule has 0 radical (unpaired) electrons. The topological polar surface area (TPSA) is 101 Å². The molecule has 0 amide bonds. The highest BCUT2D eigenvalue weighted by Gasteiger charge is 2.31. The zero-order valence-corrected chi connectivity index (χ0v) is 14.3. The van der Waals surface area contributed by atoms with Gasteiger partial charge in [-0.05, 0) is 44.1 Å². The van der Waals surface area contributed by atoms with Crippen molar-refractivity contribution in [2.75, 3.05) is 13.1 Å². The molecule has 1 aromatic heterocycles. The molecule has 0 saturated carbocycles. The zero-order chi connectivity index (χ0) is 18.5. The molecule has 7 nitrogen and oxygen atoms in total. The van der Waals surface area contributed by atoms with E-state index in [0.717, 1.165) is 25.4 Å². The zero-order valence-electron chi connectivity index (χ0n) is 14.3. The first kappa shape index (κ1) is 18.0. The van der Waals surface area contributed by atoms with Gasteiger partial charge in [0.2, 0.25) is 0 Å². The van der Waals surface area contributed by atoms with Crippen molar-refractivity contribution in [2.45, 2.75) is 25.5 Å². The maximum atomic E-state index is 9.10. The van der Waals surface area contributed by atoms with Gasteiger partial charge in [-0.25, -0.2) is 9.59 Å². The van der Waals surface area contributed by atoms with E-state index in [2.05, 4.69) is 52.5 Å². The van der Waals surface area contributed by atoms with Gasteiger partial charge >= 0.3 is 11.9 Å². The number of carbonyl (C=O) groups is 2. The van der Waals surface area contributed by atoms with E-state index >= 15 is 0 Å². The number of nitrogens with one attached hydrogen (secondary N) is 1. The number of carboxylic acids is 2. The van der Waals surface area contributed by atoms with Gasteiger partial charge in [-0.2, -0.15) is 0 Å². The number of aliphatic carboxylic acids is 2. The molecule has 3 heterocycles. The number of ether oxygens (including phenoxy) is 1. The van der Waals surface area contributed by atoms with Crippen molar-refractivity contribution in [2.24, 2.45) is 5.92 Å². The Bertz CT molecular complexity index is 768. The van der Waals surface area contributed by atoms with Crippen LogP contribution in [-0.4, -0.2) is 39.8 Å². The standard InChI is InChI=1S/C17H20N2O.C2H2O4/c1-2-6-16-14(4-1)12-19-11-3-5-15(19)17(20-16)13-7-9-18-10-8-13;3-1(4)2(5)6/h1-6,11,13,17-18H,7-10,12H2;(H,3,4)(H,5,6). The number of hydrogen-bond donors (Lipinski definition) is 3. The summed E-state index contributed by atoms with van der Waals surface area (Å²) in [6, 6.07) is 12.8. The van der Waals surface area contributed by atoms with Gasteiger partial charge in [-0.3, -0.25) is 0 Å². The van der Waals surface area contributed by atoms with Crippen LogP contribution >= 0.6 is 0 Å². The molecule has 0 bridgehead atoms. The summed E-state index contributed by atoms with van der Waals surface area (Å²) in [5, 5.41) is 18.2. The second-order valence-electron chi connectivity index (χ2n) is 6.40. The normalized spacial score (nSPS) is 19.0. The average molecular weight is 358 g/mol. The molecule has 1 saturated heterocycles. The van der Waals surface area contributed by atoms with Gasteiger partial charge in [0.15, 0.2) is 0 Å². The summed E-state index contributed by atoms with van der Waals surface area (Å²) >= 11 is 0. The fraction of sp³-hybridized carbons (Fsp3) is 0.368. The molecule has 3 N–H and O–H groups in total. The number of hydrogen-bond acceptors (Lipinski definition) is 4. The van der Waals surface area contributed by atoms with Crippen molar-refractivity contribution in [3.63, 3.8) is 0 Å². The monoisotopic (exact) mass is 358 g/mol. The van der Waals surface area contributed by atoms with Crippen molar-refractivity contribution in [3.8, 4) is 5.75 Å². The van der Waals surface area contributed by atoms with Gasteiger partial charge in [0.25, 0.3) is 0 Å². The van der Waals surface area contributed by atoms with E-state index in [1.807, 2.05) is 0 Å². The highest BCUT2D eigenvalue weighted by atomic mass is 16.5. The van der Waals surface area contributed by atoms with E-state index in [-0.39, 0.29) is 6.10 Å². The Kier molecular flexibility index (Phi) is 5.58. The van der Waals surface area contributed by atoms with Gasteiger partial charge in [0, 0.05) is 17.7 Å². The highest BCUT2D eigenvalue weighted by Crippen LogP contribution is 2.37. The van der Waals surface area contributed by atoms with Gasteiger partial charge in [0.1, 0.15) is 11.9 Å². The summed E-state index contributed by atoms with van der Waals surface area (Å²) in [6.07, 6.45) is 4.75. The minimum absolute atomic E-state index is 0.191. The lowest BCUT2D eigenvalue weighted by atomic mass is 9.90. The first-order valence-corrected chi connectivity index (χ1v) is 8.63. The number of rotatable bonds is 1. The summed E-state index contributed by atoms with van der Waals surface area (Å²) in [4.78, 5) is 18.2. The third kappa shape index (κ3) is 4.05. The van der Waals surface area contributed by atoms with Crippen LogP contribution < -0.4 is 10.1 Å². The van der Waals surface area contributed by atoms with Gasteiger partial charge in [-0.1, -0.05) is 18.2 Å². The third-order valence-electron chi connectivity index (χ3n) is 4.72. The van der Waals surface area contributed by atoms with Crippen LogP contribution in [0.4, 0.5) is 0 Å². The summed E-state index contributed by atoms with van der Waals surface area (Å²) in [5.74, 6) is -1.99. The molecule has 1 atom stereocenters. The van der Waals surface area contributed by atoms with E-state index < -0.39 is 11.9 Å². The molecule has 1 unspecified atom stereocenters. The van der Waals surface area contributed by atoms with Crippen LogP contribution in [0, 0.1) is 5.92 Å². The molecule has 1 aromatic carbocycles. The summed E-state index contributed by atoms with van der Waals surface area (Å²) in [7, 11) is 0. The van der Waals surface area contributed by atoms with Gasteiger partial charge in [0.05, 0.1) is 12.2 Å². The number of nitrogens with zero attached hydrogens (tertiary/aromatic N) is 1. The quantitative estimate of drug-likeness (QED) is 0.675. The van der Waals surface area contributed by atoms with Crippen molar-refractivity contribution < 1.29 is 24.5 Å². The minimum atomic E-state index is -1.82. The molecule has 26 heavy (non-hydrogen) atoms. The predicted molar refractivity (Wildman–Crippen MR) is 94.2 cm³/mol. The molecule has 2 aliphatic rings. The summed E-state index contributed by atoms with van der Waals surface area (Å²) in [6.45, 7) is 3.12. The maximum absolute atomic E-state index is 9.10. The SMILES string of the molecule is O=C(O)C(=O)O.c1ccc2c(c1)Cn1cccc1C(C1CCNCC1)O2. The first-order valence-electron chi connectivity index (χ1n) is 8.63. The smallest absolute Gasteiger partial charge is 0.414 e. The van der Waals surface area contributed by atoms with E-state index in [1.165, 1.54) is 24.1 Å². The summed E-state index contributed by atoms with van der Waals surface area (Å²) in [5.41, 5.74) is 2.61. The second-order valence-corrected chi connectivity index (χ2v) is 6.40. The molecular weight excluding hydrogens is 336 g/mol. The van der Waals surface area contributed by atoms with Crippen molar-refractivity contribution >= 4 is 11.9 Å². The van der Waals surface area contributed by atoms with Crippen LogP contribution in [-0.2, 0) is 16.1 Å². The Morgan fingerprint density at radius 1 is 1.04 bits per heavy atom. The number of benzene rings is 1. The lowest BCUT2D eigenvalue weighted by molar-refractivity contribution is -0.159. The Balaban J connectivity index is 0.000000286. The molecular formula is C19H22N2O5. The molecule has 4 rings (SSSR count). The number of aromatic nitrogens is 1. The van der Waals surface area contributed by atoms with Crippen molar-refractivity contribution in [3.05, 3.63) is 53.9 Å². The van der Waals surface area contributed by atoms with Crippen molar-refractivity contribution in [1.82, 2.24) is 9.88 Å². The molecule has 0 aliphatic carbocycles. The highest BCUT2D eigenvalue weighted by molar-refractivity contribution is 6.27. The summed E-state index contributed by atoms with van der Waals surface area (Å²) < 4.78 is 8.78. The Hall–Kier alpha value is -2.80. The number of piperidine rings is 1. The number of fused-ring (bicyclic) bond motifs is 2. The van der Waals surface area contributed by atoms with Gasteiger partial charge in [-0.15, -0.1) is 0 Å². The fourth-order valence-corrected chi connectivity index (χ4v) is 3.44.